The number of amidine groups is 1. The van der Waals surface area contributed by atoms with E-state index in [-0.39, 0.29) is 5.69 Å². The standard InChI is InChI=1S/C18H14N4O3/c19-18(21-17-3-1-2-12-20-17)13-4-8-15(9-5-13)25-16-10-6-14(7-11-16)22(23)24/h1-12H,(H2,19,20,21). The molecule has 0 unspecified atom stereocenters. The molecule has 0 spiro atoms. The van der Waals surface area contributed by atoms with E-state index in [0.717, 1.165) is 5.56 Å². The van der Waals surface area contributed by atoms with E-state index < -0.39 is 4.92 Å². The lowest BCUT2D eigenvalue weighted by Gasteiger charge is -2.06. The highest BCUT2D eigenvalue weighted by atomic mass is 16.6. The fourth-order valence-corrected chi connectivity index (χ4v) is 2.07. The van der Waals surface area contributed by atoms with Crippen LogP contribution in [0.3, 0.4) is 0 Å². The average Bonchev–Trinajstić information content (AvgIpc) is 2.63. The van der Waals surface area contributed by atoms with Crippen LogP contribution in [0, 0.1) is 10.1 Å². The van der Waals surface area contributed by atoms with Gasteiger partial charge in [0.15, 0.2) is 5.82 Å². The number of rotatable bonds is 5. The predicted molar refractivity (Wildman–Crippen MR) is 94.2 cm³/mol. The summed E-state index contributed by atoms with van der Waals surface area (Å²) in [6.07, 6.45) is 1.65. The smallest absolute Gasteiger partial charge is 0.269 e. The minimum Gasteiger partial charge on any atom is -0.457 e. The second-order valence-corrected chi connectivity index (χ2v) is 5.06. The first-order chi connectivity index (χ1) is 12.1. The van der Waals surface area contributed by atoms with Crippen molar-refractivity contribution in [1.29, 1.82) is 0 Å². The van der Waals surface area contributed by atoms with Gasteiger partial charge >= 0.3 is 0 Å². The Balaban J connectivity index is 1.71. The maximum Gasteiger partial charge on any atom is 0.269 e. The Morgan fingerprint density at radius 1 is 1.00 bits per heavy atom. The monoisotopic (exact) mass is 334 g/mol. The van der Waals surface area contributed by atoms with Crippen molar-refractivity contribution in [2.24, 2.45) is 10.7 Å². The molecule has 0 atom stereocenters. The van der Waals surface area contributed by atoms with E-state index in [4.69, 9.17) is 10.5 Å². The first-order valence-electron chi connectivity index (χ1n) is 7.40. The van der Waals surface area contributed by atoms with Gasteiger partial charge in [-0.3, -0.25) is 10.1 Å². The highest BCUT2D eigenvalue weighted by Gasteiger charge is 2.06. The van der Waals surface area contributed by atoms with Gasteiger partial charge in [-0.15, -0.1) is 0 Å². The first kappa shape index (κ1) is 16.1. The summed E-state index contributed by atoms with van der Waals surface area (Å²) in [6.45, 7) is 0. The Labute approximate surface area is 143 Å². The first-order valence-corrected chi connectivity index (χ1v) is 7.40. The molecule has 0 saturated heterocycles. The third kappa shape index (κ3) is 4.17. The number of nitro benzene ring substituents is 1. The minimum atomic E-state index is -0.456. The number of hydrogen-bond acceptors (Lipinski definition) is 5. The lowest BCUT2D eigenvalue weighted by atomic mass is 10.2. The molecule has 3 aromatic rings. The van der Waals surface area contributed by atoms with E-state index in [1.165, 1.54) is 12.1 Å². The van der Waals surface area contributed by atoms with Crippen molar-refractivity contribution < 1.29 is 9.66 Å². The number of nitro groups is 1. The molecule has 0 radical (unpaired) electrons. The van der Waals surface area contributed by atoms with E-state index in [9.17, 15) is 10.1 Å². The van der Waals surface area contributed by atoms with Gasteiger partial charge in [0, 0.05) is 23.9 Å². The number of aliphatic imine (C=N–C) groups is 1. The summed E-state index contributed by atoms with van der Waals surface area (Å²) >= 11 is 0. The fraction of sp³-hybridized carbons (Fsp3) is 0. The maximum absolute atomic E-state index is 10.6. The zero-order valence-corrected chi connectivity index (χ0v) is 13.1. The van der Waals surface area contributed by atoms with E-state index in [1.54, 1.807) is 54.7 Å². The third-order valence-corrected chi connectivity index (χ3v) is 3.32. The molecular formula is C18H14N4O3. The van der Waals surface area contributed by atoms with Crippen LogP contribution in [0.5, 0.6) is 11.5 Å². The van der Waals surface area contributed by atoms with Crippen LogP contribution < -0.4 is 10.5 Å². The molecule has 124 valence electrons. The van der Waals surface area contributed by atoms with Crippen LogP contribution in [-0.2, 0) is 0 Å². The van der Waals surface area contributed by atoms with Crippen LogP contribution in [0.15, 0.2) is 77.9 Å². The third-order valence-electron chi connectivity index (χ3n) is 3.32. The Hall–Kier alpha value is -3.74. The second kappa shape index (κ2) is 7.22. The molecule has 1 heterocycles. The molecule has 3 rings (SSSR count). The number of benzene rings is 2. The Morgan fingerprint density at radius 2 is 1.64 bits per heavy atom. The molecule has 0 amide bonds. The molecule has 0 aliphatic heterocycles. The van der Waals surface area contributed by atoms with Gasteiger partial charge in [-0.1, -0.05) is 6.07 Å². The Bertz CT molecular complexity index is 892. The van der Waals surface area contributed by atoms with Gasteiger partial charge in [-0.25, -0.2) is 9.98 Å². The van der Waals surface area contributed by atoms with Crippen molar-refractivity contribution in [3.05, 3.63) is 88.6 Å². The highest BCUT2D eigenvalue weighted by Crippen LogP contribution is 2.24. The number of nitrogens with two attached hydrogens (primary N) is 1. The molecular weight excluding hydrogens is 320 g/mol. The molecule has 0 fully saturated rings. The van der Waals surface area contributed by atoms with E-state index in [2.05, 4.69) is 9.98 Å². The number of nitrogens with zero attached hydrogens (tertiary/aromatic N) is 3. The zero-order chi connectivity index (χ0) is 17.6. The number of hydrogen-bond donors (Lipinski definition) is 1. The fourth-order valence-electron chi connectivity index (χ4n) is 2.07. The van der Waals surface area contributed by atoms with Gasteiger partial charge in [0.2, 0.25) is 0 Å². The van der Waals surface area contributed by atoms with Crippen LogP contribution >= 0.6 is 0 Å². The molecule has 7 nitrogen and oxygen atoms in total. The minimum absolute atomic E-state index is 0.0150. The molecule has 0 aliphatic carbocycles. The van der Waals surface area contributed by atoms with Gasteiger partial charge in [-0.05, 0) is 48.5 Å². The van der Waals surface area contributed by atoms with Crippen LogP contribution in [0.1, 0.15) is 5.56 Å². The number of aromatic nitrogens is 1. The van der Waals surface area contributed by atoms with Gasteiger partial charge in [0.1, 0.15) is 17.3 Å². The Morgan fingerprint density at radius 3 is 2.20 bits per heavy atom. The predicted octanol–water partition coefficient (Wildman–Crippen LogP) is 3.82. The highest BCUT2D eigenvalue weighted by molar-refractivity contribution is 5.98. The number of ether oxygens (including phenoxy) is 1. The summed E-state index contributed by atoms with van der Waals surface area (Å²) in [6, 6.07) is 18.3. The summed E-state index contributed by atoms with van der Waals surface area (Å²) < 4.78 is 5.65. The van der Waals surface area contributed by atoms with Crippen molar-refractivity contribution in [1.82, 2.24) is 4.98 Å². The molecule has 25 heavy (non-hydrogen) atoms. The number of pyridine rings is 1. The lowest BCUT2D eigenvalue weighted by molar-refractivity contribution is -0.384. The number of non-ortho nitro benzene ring substituents is 1. The summed E-state index contributed by atoms with van der Waals surface area (Å²) in [5.74, 6) is 1.98. The SMILES string of the molecule is N/C(=N\c1ccccn1)c1ccc(Oc2ccc([N+](=O)[O-])cc2)cc1. The molecule has 2 N–H and O–H groups in total. The second-order valence-electron chi connectivity index (χ2n) is 5.06. The zero-order valence-electron chi connectivity index (χ0n) is 13.1. The molecule has 7 heteroatoms. The van der Waals surface area contributed by atoms with E-state index >= 15 is 0 Å². The van der Waals surface area contributed by atoms with Crippen molar-refractivity contribution in [2.45, 2.75) is 0 Å². The largest absolute Gasteiger partial charge is 0.457 e. The van der Waals surface area contributed by atoms with Crippen molar-refractivity contribution >= 4 is 17.3 Å². The summed E-state index contributed by atoms with van der Waals surface area (Å²) in [5, 5.41) is 10.6. The van der Waals surface area contributed by atoms with E-state index in [0.29, 0.717) is 23.2 Å². The Kier molecular flexibility index (Phi) is 4.66. The van der Waals surface area contributed by atoms with Gasteiger partial charge in [0.25, 0.3) is 5.69 Å². The quantitative estimate of drug-likeness (QED) is 0.330. The summed E-state index contributed by atoms with van der Waals surface area (Å²) in [7, 11) is 0. The van der Waals surface area contributed by atoms with Gasteiger partial charge < -0.3 is 10.5 Å². The van der Waals surface area contributed by atoms with Gasteiger partial charge in [-0.2, -0.15) is 0 Å². The molecule has 0 saturated carbocycles. The van der Waals surface area contributed by atoms with Crippen molar-refractivity contribution in [3.63, 3.8) is 0 Å². The normalized spacial score (nSPS) is 11.1. The lowest BCUT2D eigenvalue weighted by Crippen LogP contribution is -2.12. The van der Waals surface area contributed by atoms with Crippen LogP contribution in [0.4, 0.5) is 11.5 Å². The van der Waals surface area contributed by atoms with Crippen LogP contribution in [0.2, 0.25) is 0 Å². The van der Waals surface area contributed by atoms with Crippen LogP contribution in [0.25, 0.3) is 0 Å². The molecule has 1 aromatic heterocycles. The summed E-state index contributed by atoms with van der Waals surface area (Å²) in [4.78, 5) is 18.5. The van der Waals surface area contributed by atoms with E-state index in [1.807, 2.05) is 6.07 Å². The van der Waals surface area contributed by atoms with Crippen molar-refractivity contribution in [2.75, 3.05) is 0 Å². The van der Waals surface area contributed by atoms with Crippen molar-refractivity contribution in [3.8, 4) is 11.5 Å². The topological polar surface area (TPSA) is 104 Å². The molecule has 0 bridgehead atoms. The molecule has 0 aliphatic rings. The average molecular weight is 334 g/mol. The molecule has 2 aromatic carbocycles. The maximum atomic E-state index is 10.6. The van der Waals surface area contributed by atoms with Crippen LogP contribution in [-0.4, -0.2) is 15.7 Å². The summed E-state index contributed by atoms with van der Waals surface area (Å²) in [5.41, 5.74) is 6.73. The van der Waals surface area contributed by atoms with Gasteiger partial charge in [0.05, 0.1) is 4.92 Å².